The molecule has 0 unspecified atom stereocenters. The second-order valence-electron chi connectivity index (χ2n) is 5.16. The molecule has 19 heavy (non-hydrogen) atoms. The molecule has 0 saturated heterocycles. The molecule has 1 heterocycles. The first kappa shape index (κ1) is 15.0. The van der Waals surface area contributed by atoms with Crippen LogP contribution in [0.5, 0.6) is 0 Å². The minimum Gasteiger partial charge on any atom is -0.481 e. The molecule has 0 bridgehead atoms. The van der Waals surface area contributed by atoms with Crippen LogP contribution in [0.3, 0.4) is 0 Å². The van der Waals surface area contributed by atoms with Crippen LogP contribution in [0.2, 0.25) is 0 Å². The van der Waals surface area contributed by atoms with Gasteiger partial charge in [0.2, 0.25) is 0 Å². The molecule has 0 atom stereocenters. The number of aryl methyl sites for hydroxylation is 2. The van der Waals surface area contributed by atoms with E-state index in [1.54, 1.807) is 33.8 Å². The van der Waals surface area contributed by atoms with Crippen molar-refractivity contribution in [1.82, 2.24) is 9.78 Å². The average Bonchev–Trinajstić information content (AvgIpc) is 2.52. The first-order valence-corrected chi connectivity index (χ1v) is 5.93. The number of ether oxygens (including phenoxy) is 1. The van der Waals surface area contributed by atoms with Crippen LogP contribution in [0.1, 0.15) is 32.9 Å². The second-order valence-corrected chi connectivity index (χ2v) is 5.16. The quantitative estimate of drug-likeness (QED) is 0.872. The summed E-state index contributed by atoms with van der Waals surface area (Å²) in [6, 6.07) is 1.66. The number of aromatic nitrogens is 2. The van der Waals surface area contributed by atoms with E-state index in [1.807, 2.05) is 0 Å². The van der Waals surface area contributed by atoms with Gasteiger partial charge in [-0.3, -0.25) is 14.8 Å². The summed E-state index contributed by atoms with van der Waals surface area (Å²) in [5.41, 5.74) is 0.192. The van der Waals surface area contributed by atoms with Crippen LogP contribution in [0.25, 0.3) is 0 Å². The van der Waals surface area contributed by atoms with Crippen LogP contribution in [0.15, 0.2) is 6.07 Å². The number of carbonyl (C=O) groups is 2. The molecule has 0 fully saturated rings. The lowest BCUT2D eigenvalue weighted by Crippen LogP contribution is -2.27. The van der Waals surface area contributed by atoms with Crippen molar-refractivity contribution < 1.29 is 19.4 Å². The van der Waals surface area contributed by atoms with Crippen LogP contribution in [0.4, 0.5) is 10.6 Å². The van der Waals surface area contributed by atoms with Crippen LogP contribution in [-0.4, -0.2) is 32.6 Å². The monoisotopic (exact) mass is 269 g/mol. The first-order chi connectivity index (χ1) is 8.67. The Morgan fingerprint density at radius 2 is 2.11 bits per heavy atom. The fourth-order valence-electron chi connectivity index (χ4n) is 1.41. The van der Waals surface area contributed by atoms with Crippen LogP contribution in [0, 0.1) is 6.92 Å². The Kier molecular flexibility index (Phi) is 4.52. The van der Waals surface area contributed by atoms with Crippen LogP contribution in [-0.2, 0) is 16.1 Å². The zero-order valence-corrected chi connectivity index (χ0v) is 11.6. The van der Waals surface area contributed by atoms with Gasteiger partial charge in [-0.1, -0.05) is 0 Å². The van der Waals surface area contributed by atoms with Gasteiger partial charge in [0, 0.05) is 11.8 Å². The Morgan fingerprint density at radius 3 is 2.63 bits per heavy atom. The number of rotatable bonds is 4. The smallest absolute Gasteiger partial charge is 0.413 e. The number of nitrogens with zero attached hydrogens (tertiary/aromatic N) is 2. The van der Waals surface area contributed by atoms with Gasteiger partial charge in [-0.15, -0.1) is 0 Å². The van der Waals surface area contributed by atoms with Gasteiger partial charge in [-0.2, -0.15) is 5.10 Å². The fourth-order valence-corrected chi connectivity index (χ4v) is 1.41. The Labute approximate surface area is 111 Å². The number of carboxylic acid groups (broad SMARTS) is 1. The highest BCUT2D eigenvalue weighted by molar-refractivity contribution is 5.83. The van der Waals surface area contributed by atoms with Crippen molar-refractivity contribution in [3.63, 3.8) is 0 Å². The number of anilines is 1. The molecule has 0 aliphatic heterocycles. The van der Waals surface area contributed by atoms with E-state index in [0.717, 1.165) is 5.69 Å². The normalized spacial score (nSPS) is 11.2. The van der Waals surface area contributed by atoms with Gasteiger partial charge in [0.05, 0.1) is 13.0 Å². The Bertz CT molecular complexity index is 474. The third-order valence-corrected chi connectivity index (χ3v) is 2.15. The molecular formula is C12H19N3O4. The molecule has 2 N–H and O–H groups in total. The number of aliphatic carboxylic acids is 1. The number of hydrogen-bond donors (Lipinski definition) is 2. The Morgan fingerprint density at radius 1 is 1.47 bits per heavy atom. The van der Waals surface area contributed by atoms with Gasteiger partial charge in [0.1, 0.15) is 5.60 Å². The van der Waals surface area contributed by atoms with Crippen molar-refractivity contribution in [3.8, 4) is 0 Å². The zero-order valence-electron chi connectivity index (χ0n) is 11.6. The lowest BCUT2D eigenvalue weighted by atomic mass is 10.2. The summed E-state index contributed by atoms with van der Waals surface area (Å²) in [6.07, 6.45) is -0.607. The largest absolute Gasteiger partial charge is 0.481 e. The third kappa shape index (κ3) is 5.41. The van der Waals surface area contributed by atoms with Crippen molar-refractivity contribution in [2.45, 2.75) is 46.3 Å². The number of carboxylic acids is 1. The summed E-state index contributed by atoms with van der Waals surface area (Å²) in [5.74, 6) is -0.548. The van der Waals surface area contributed by atoms with Crippen molar-refractivity contribution in [2.75, 3.05) is 5.32 Å². The highest BCUT2D eigenvalue weighted by atomic mass is 16.6. The predicted molar refractivity (Wildman–Crippen MR) is 69.1 cm³/mol. The maximum atomic E-state index is 11.5. The number of hydrogen-bond acceptors (Lipinski definition) is 4. The van der Waals surface area contributed by atoms with E-state index in [4.69, 9.17) is 9.84 Å². The van der Waals surface area contributed by atoms with Crippen molar-refractivity contribution in [1.29, 1.82) is 0 Å². The zero-order chi connectivity index (χ0) is 14.6. The molecule has 0 aromatic carbocycles. The molecule has 1 rings (SSSR count). The average molecular weight is 269 g/mol. The van der Waals surface area contributed by atoms with E-state index in [2.05, 4.69) is 10.4 Å². The molecule has 0 spiro atoms. The maximum absolute atomic E-state index is 11.5. The molecule has 1 aromatic heterocycles. The molecular weight excluding hydrogens is 250 g/mol. The predicted octanol–water partition coefficient (Wildman–Crippen LogP) is 2.01. The standard InChI is InChI=1S/C12H19N3O4/c1-8-7-9(13-11(18)19-12(2,3)4)14-15(8)6-5-10(16)17/h7H,5-6H2,1-4H3,(H,16,17)(H,13,14,18). The highest BCUT2D eigenvalue weighted by Gasteiger charge is 2.17. The minimum atomic E-state index is -0.892. The van der Waals surface area contributed by atoms with Crippen LogP contribution < -0.4 is 5.32 Å². The van der Waals surface area contributed by atoms with Crippen molar-refractivity contribution in [2.24, 2.45) is 0 Å². The molecule has 7 heteroatoms. The summed E-state index contributed by atoms with van der Waals surface area (Å²) in [6.45, 7) is 7.35. The van der Waals surface area contributed by atoms with Gasteiger partial charge in [0.25, 0.3) is 0 Å². The number of nitrogens with one attached hydrogen (secondary N) is 1. The fraction of sp³-hybridized carbons (Fsp3) is 0.583. The first-order valence-electron chi connectivity index (χ1n) is 5.93. The topological polar surface area (TPSA) is 93.5 Å². The Balaban J connectivity index is 2.63. The van der Waals surface area contributed by atoms with Gasteiger partial charge < -0.3 is 9.84 Å². The van der Waals surface area contributed by atoms with E-state index in [9.17, 15) is 9.59 Å². The molecule has 0 aliphatic carbocycles. The summed E-state index contributed by atoms with van der Waals surface area (Å²) in [7, 11) is 0. The van der Waals surface area contributed by atoms with Crippen molar-refractivity contribution >= 4 is 17.9 Å². The molecule has 7 nitrogen and oxygen atoms in total. The third-order valence-electron chi connectivity index (χ3n) is 2.15. The Hall–Kier alpha value is -2.05. The van der Waals surface area contributed by atoms with E-state index in [0.29, 0.717) is 5.82 Å². The summed E-state index contributed by atoms with van der Waals surface area (Å²) < 4.78 is 6.62. The van der Waals surface area contributed by atoms with Gasteiger partial charge in [0.15, 0.2) is 5.82 Å². The van der Waals surface area contributed by atoms with E-state index in [-0.39, 0.29) is 13.0 Å². The van der Waals surface area contributed by atoms with E-state index < -0.39 is 17.7 Å². The molecule has 1 amide bonds. The number of amides is 1. The highest BCUT2D eigenvalue weighted by Crippen LogP contribution is 2.12. The van der Waals surface area contributed by atoms with E-state index >= 15 is 0 Å². The molecule has 1 aromatic rings. The van der Waals surface area contributed by atoms with Gasteiger partial charge in [-0.25, -0.2) is 4.79 Å². The second kappa shape index (κ2) is 5.73. The summed E-state index contributed by atoms with van der Waals surface area (Å²) in [4.78, 5) is 22.0. The van der Waals surface area contributed by atoms with Gasteiger partial charge in [-0.05, 0) is 27.7 Å². The van der Waals surface area contributed by atoms with Crippen LogP contribution >= 0.6 is 0 Å². The van der Waals surface area contributed by atoms with E-state index in [1.165, 1.54) is 4.68 Å². The molecule has 0 radical (unpaired) electrons. The number of carbonyl (C=O) groups excluding carboxylic acids is 1. The minimum absolute atomic E-state index is 0.0194. The summed E-state index contributed by atoms with van der Waals surface area (Å²) >= 11 is 0. The molecule has 0 aliphatic rings. The molecule has 106 valence electrons. The van der Waals surface area contributed by atoms with Gasteiger partial charge >= 0.3 is 12.1 Å². The van der Waals surface area contributed by atoms with Crippen molar-refractivity contribution in [3.05, 3.63) is 11.8 Å². The SMILES string of the molecule is Cc1cc(NC(=O)OC(C)(C)C)nn1CCC(=O)O. The lowest BCUT2D eigenvalue weighted by Gasteiger charge is -2.19. The maximum Gasteiger partial charge on any atom is 0.413 e. The summed E-state index contributed by atoms with van der Waals surface area (Å²) in [5, 5.41) is 15.2. The molecule has 0 saturated carbocycles. The lowest BCUT2D eigenvalue weighted by molar-refractivity contribution is -0.137.